The molecule has 7 heteroatoms. The van der Waals surface area contributed by atoms with Crippen LogP contribution >= 0.6 is 0 Å². The first-order valence-corrected chi connectivity index (χ1v) is 10.9. The number of carbonyl (C=O) groups excluding carboxylic acids is 1. The van der Waals surface area contributed by atoms with Gasteiger partial charge in [0.1, 0.15) is 17.2 Å². The molecule has 0 fully saturated rings. The van der Waals surface area contributed by atoms with E-state index < -0.39 is 6.04 Å². The molecule has 3 aromatic carbocycles. The highest BCUT2D eigenvalue weighted by molar-refractivity contribution is 6.15. The van der Waals surface area contributed by atoms with Gasteiger partial charge in [0.25, 0.3) is 5.91 Å². The number of amides is 1. The van der Waals surface area contributed by atoms with Crippen LogP contribution in [0.15, 0.2) is 60.7 Å². The lowest BCUT2D eigenvalue weighted by Crippen LogP contribution is -2.30. The van der Waals surface area contributed by atoms with Crippen molar-refractivity contribution in [3.63, 3.8) is 0 Å². The Labute approximate surface area is 198 Å². The van der Waals surface area contributed by atoms with Gasteiger partial charge in [0.05, 0.1) is 34.5 Å². The topological polar surface area (TPSA) is 62.2 Å². The molecule has 1 aliphatic rings. The van der Waals surface area contributed by atoms with E-state index in [1.807, 2.05) is 60.1 Å². The number of methoxy groups -OCH3 is 4. The summed E-state index contributed by atoms with van der Waals surface area (Å²) >= 11 is 0. The largest absolute Gasteiger partial charge is 0.497 e. The lowest BCUT2D eigenvalue weighted by atomic mass is 9.96. The van der Waals surface area contributed by atoms with E-state index in [4.69, 9.17) is 18.9 Å². The van der Waals surface area contributed by atoms with Crippen molar-refractivity contribution in [2.45, 2.75) is 6.04 Å². The second-order valence-electron chi connectivity index (χ2n) is 8.06. The number of para-hydroxylation sites is 1. The maximum absolute atomic E-state index is 14.0. The summed E-state index contributed by atoms with van der Waals surface area (Å²) in [5.74, 6) is 2.37. The van der Waals surface area contributed by atoms with Crippen LogP contribution < -0.4 is 23.8 Å². The quantitative estimate of drug-likeness (QED) is 0.409. The van der Waals surface area contributed by atoms with Crippen LogP contribution in [-0.4, -0.2) is 38.9 Å². The molecule has 1 aliphatic heterocycles. The van der Waals surface area contributed by atoms with Crippen molar-refractivity contribution in [1.82, 2.24) is 4.57 Å². The Kier molecular flexibility index (Phi) is 5.32. The monoisotopic (exact) mass is 458 g/mol. The van der Waals surface area contributed by atoms with Gasteiger partial charge in [0.2, 0.25) is 0 Å². The van der Waals surface area contributed by atoms with E-state index in [0.29, 0.717) is 22.9 Å². The zero-order valence-electron chi connectivity index (χ0n) is 19.8. The Morgan fingerprint density at radius 1 is 0.765 bits per heavy atom. The molecular weight excluding hydrogens is 432 g/mol. The number of aromatic nitrogens is 1. The van der Waals surface area contributed by atoms with Crippen LogP contribution in [0.5, 0.6) is 23.0 Å². The molecule has 0 radical (unpaired) electrons. The summed E-state index contributed by atoms with van der Waals surface area (Å²) in [7, 11) is 8.35. The fourth-order valence-electron chi connectivity index (χ4n) is 4.89. The molecule has 0 spiro atoms. The van der Waals surface area contributed by atoms with E-state index in [1.165, 1.54) is 0 Å². The lowest BCUT2D eigenvalue weighted by Gasteiger charge is -2.28. The first-order valence-electron chi connectivity index (χ1n) is 10.9. The molecule has 0 aliphatic carbocycles. The normalized spacial score (nSPS) is 14.9. The molecule has 0 bridgehead atoms. The zero-order chi connectivity index (χ0) is 24.0. The van der Waals surface area contributed by atoms with Gasteiger partial charge in [-0.1, -0.05) is 18.2 Å². The average molecular weight is 459 g/mol. The minimum atomic E-state index is -0.434. The predicted molar refractivity (Wildman–Crippen MR) is 131 cm³/mol. The lowest BCUT2D eigenvalue weighted by molar-refractivity contribution is 0.0986. The number of hydrogen-bond acceptors (Lipinski definition) is 5. The van der Waals surface area contributed by atoms with Gasteiger partial charge in [-0.15, -0.1) is 0 Å². The summed E-state index contributed by atoms with van der Waals surface area (Å²) in [5, 5.41) is 1.02. The maximum Gasteiger partial charge on any atom is 0.276 e. The molecule has 34 heavy (non-hydrogen) atoms. The second-order valence-corrected chi connectivity index (χ2v) is 8.06. The predicted octanol–water partition coefficient (Wildman–Crippen LogP) is 4.96. The molecule has 2 heterocycles. The van der Waals surface area contributed by atoms with Gasteiger partial charge < -0.3 is 23.5 Å². The highest BCUT2D eigenvalue weighted by Crippen LogP contribution is 2.50. The van der Waals surface area contributed by atoms with Gasteiger partial charge in [0, 0.05) is 40.8 Å². The van der Waals surface area contributed by atoms with E-state index in [-0.39, 0.29) is 5.91 Å². The second kappa shape index (κ2) is 8.33. The number of carbonyl (C=O) groups is 1. The minimum Gasteiger partial charge on any atom is -0.497 e. The number of hydrogen-bond donors (Lipinski definition) is 0. The standard InChI is InChI=1S/C27H26N2O5/c1-28-20-9-7-6-8-18(20)24-25(19-14-22(33-4)23(34-5)15-21(19)32-3)29(27(30)26(24)28)16-10-12-17(31-2)13-11-16/h6-15,25H,1-5H3/t25-/m0/s1. The summed E-state index contributed by atoms with van der Waals surface area (Å²) in [6.45, 7) is 0. The smallest absolute Gasteiger partial charge is 0.276 e. The number of benzene rings is 3. The van der Waals surface area contributed by atoms with Crippen LogP contribution in [0.25, 0.3) is 10.9 Å². The molecule has 0 unspecified atom stereocenters. The van der Waals surface area contributed by atoms with Crippen molar-refractivity contribution in [3.8, 4) is 23.0 Å². The first-order chi connectivity index (χ1) is 16.5. The fourth-order valence-corrected chi connectivity index (χ4v) is 4.89. The van der Waals surface area contributed by atoms with Crippen molar-refractivity contribution in [1.29, 1.82) is 0 Å². The van der Waals surface area contributed by atoms with Gasteiger partial charge in [-0.25, -0.2) is 0 Å². The Hall–Kier alpha value is -4.13. The molecule has 0 saturated heterocycles. The van der Waals surface area contributed by atoms with Crippen molar-refractivity contribution in [2.24, 2.45) is 7.05 Å². The third-order valence-corrected chi connectivity index (χ3v) is 6.48. The number of aryl methyl sites for hydroxylation is 1. The number of nitrogens with zero attached hydrogens (tertiary/aromatic N) is 2. The number of fused-ring (bicyclic) bond motifs is 3. The summed E-state index contributed by atoms with van der Waals surface area (Å²) in [5.41, 5.74) is 4.15. The van der Waals surface area contributed by atoms with Gasteiger partial charge >= 0.3 is 0 Å². The van der Waals surface area contributed by atoms with E-state index in [9.17, 15) is 4.79 Å². The fraction of sp³-hybridized carbons (Fsp3) is 0.222. The molecule has 0 saturated carbocycles. The van der Waals surface area contributed by atoms with Crippen molar-refractivity contribution >= 4 is 22.5 Å². The van der Waals surface area contributed by atoms with Crippen LogP contribution in [0.1, 0.15) is 27.7 Å². The van der Waals surface area contributed by atoms with Crippen LogP contribution in [0.4, 0.5) is 5.69 Å². The maximum atomic E-state index is 14.0. The molecule has 1 aromatic heterocycles. The Balaban J connectivity index is 1.82. The molecule has 4 aromatic rings. The highest BCUT2D eigenvalue weighted by atomic mass is 16.5. The summed E-state index contributed by atoms with van der Waals surface area (Å²) in [6, 6.07) is 18.8. The number of anilines is 1. The van der Waals surface area contributed by atoms with E-state index in [1.54, 1.807) is 39.4 Å². The van der Waals surface area contributed by atoms with Crippen molar-refractivity contribution in [3.05, 3.63) is 77.5 Å². The van der Waals surface area contributed by atoms with Crippen molar-refractivity contribution < 1.29 is 23.7 Å². The highest BCUT2D eigenvalue weighted by Gasteiger charge is 2.44. The van der Waals surface area contributed by atoms with E-state index in [2.05, 4.69) is 6.07 Å². The zero-order valence-corrected chi connectivity index (χ0v) is 19.8. The molecule has 1 amide bonds. The first kappa shape index (κ1) is 21.7. The average Bonchev–Trinajstić information content (AvgIpc) is 3.35. The Bertz CT molecular complexity index is 1390. The van der Waals surface area contributed by atoms with E-state index in [0.717, 1.165) is 33.5 Å². The van der Waals surface area contributed by atoms with Crippen LogP contribution in [0, 0.1) is 0 Å². The SMILES string of the molecule is COc1ccc(N2C(=O)c3c(c4ccccc4n3C)[C@@H]2c2cc(OC)c(OC)cc2OC)cc1. The Morgan fingerprint density at radius 2 is 1.41 bits per heavy atom. The third-order valence-electron chi connectivity index (χ3n) is 6.48. The number of rotatable bonds is 6. The van der Waals surface area contributed by atoms with Gasteiger partial charge in [-0.3, -0.25) is 9.69 Å². The molecule has 7 nitrogen and oxygen atoms in total. The minimum absolute atomic E-state index is 0.0827. The van der Waals surface area contributed by atoms with Gasteiger partial charge in [-0.2, -0.15) is 0 Å². The summed E-state index contributed by atoms with van der Waals surface area (Å²) in [4.78, 5) is 15.8. The van der Waals surface area contributed by atoms with Crippen LogP contribution in [-0.2, 0) is 7.05 Å². The molecular formula is C27H26N2O5. The summed E-state index contributed by atoms with van der Waals surface area (Å²) < 4.78 is 24.2. The van der Waals surface area contributed by atoms with E-state index >= 15 is 0 Å². The molecule has 0 N–H and O–H groups in total. The summed E-state index contributed by atoms with van der Waals surface area (Å²) in [6.07, 6.45) is 0. The molecule has 5 rings (SSSR count). The van der Waals surface area contributed by atoms with Gasteiger partial charge in [-0.05, 0) is 36.4 Å². The van der Waals surface area contributed by atoms with Crippen LogP contribution in [0.3, 0.4) is 0 Å². The van der Waals surface area contributed by atoms with Gasteiger partial charge in [0.15, 0.2) is 11.5 Å². The number of ether oxygens (including phenoxy) is 4. The molecule has 1 atom stereocenters. The van der Waals surface area contributed by atoms with Crippen molar-refractivity contribution in [2.75, 3.05) is 33.3 Å². The Morgan fingerprint density at radius 3 is 2.06 bits per heavy atom. The molecule has 174 valence electrons. The third kappa shape index (κ3) is 3.08. The van der Waals surface area contributed by atoms with Crippen LogP contribution in [0.2, 0.25) is 0 Å².